The van der Waals surface area contributed by atoms with Gasteiger partial charge in [0, 0.05) is 54.4 Å². The van der Waals surface area contributed by atoms with Crippen LogP contribution in [0.5, 0.6) is 0 Å². The van der Waals surface area contributed by atoms with Crippen LogP contribution >= 0.6 is 46.0 Å². The van der Waals surface area contributed by atoms with E-state index in [1.165, 1.54) is 0 Å². The van der Waals surface area contributed by atoms with Crippen molar-refractivity contribution in [1.29, 1.82) is 0 Å². The van der Waals surface area contributed by atoms with Crippen LogP contribution in [-0.4, -0.2) is 94.1 Å². The Morgan fingerprint density at radius 1 is 0.647 bits per heavy atom. The topological polar surface area (TPSA) is 64.5 Å². The monoisotopic (exact) mass is 538 g/mol. The molecule has 2 rings (SSSR count). The molecule has 12 heteroatoms. The van der Waals surface area contributed by atoms with E-state index in [4.69, 9.17) is 24.4 Å². The molecule has 0 saturated heterocycles. The van der Waals surface area contributed by atoms with Crippen molar-refractivity contribution in [2.75, 3.05) is 64.2 Å². The van der Waals surface area contributed by atoms with E-state index in [9.17, 15) is 0 Å². The molecule has 2 heterocycles. The zero-order chi connectivity index (χ0) is 25.4. The van der Waals surface area contributed by atoms with Gasteiger partial charge in [-0.2, -0.15) is 0 Å². The van der Waals surface area contributed by atoms with E-state index in [0.717, 1.165) is 69.0 Å². The Balaban J connectivity index is 2.58. The average molecular weight is 539 g/mol. The van der Waals surface area contributed by atoms with Gasteiger partial charge >= 0.3 is 0 Å². The molecular weight excluding hydrogens is 505 g/mol. The van der Waals surface area contributed by atoms with Gasteiger partial charge in [0.25, 0.3) is 0 Å². The summed E-state index contributed by atoms with van der Waals surface area (Å²) < 4.78 is 0. The number of rotatable bonds is 11. The van der Waals surface area contributed by atoms with Crippen LogP contribution in [0, 0.1) is 0 Å². The lowest BCUT2D eigenvalue weighted by Crippen LogP contribution is -2.31. The lowest BCUT2D eigenvalue weighted by atomic mass is 10.3. The van der Waals surface area contributed by atoms with Crippen LogP contribution in [-0.2, 0) is 0 Å². The van der Waals surface area contributed by atoms with Crippen molar-refractivity contribution in [1.82, 2.24) is 29.7 Å². The number of anilines is 2. The predicted octanol–water partition coefficient (Wildman–Crippen LogP) is 4.23. The molecule has 34 heavy (non-hydrogen) atoms. The van der Waals surface area contributed by atoms with Gasteiger partial charge in [0.2, 0.25) is 0 Å². The maximum Gasteiger partial charge on any atom is 0.146 e. The Bertz CT molecular complexity index is 911. The first-order valence-corrected chi connectivity index (χ1v) is 14.2. The highest BCUT2D eigenvalue weighted by Crippen LogP contribution is 2.46. The third-order valence-corrected chi connectivity index (χ3v) is 8.45. The van der Waals surface area contributed by atoms with E-state index in [1.807, 2.05) is 38.0 Å². The van der Waals surface area contributed by atoms with Gasteiger partial charge in [-0.3, -0.25) is 0 Å². The summed E-state index contributed by atoms with van der Waals surface area (Å²) in [4.78, 5) is 29.7. The summed E-state index contributed by atoms with van der Waals surface area (Å²) in [7, 11) is 11.0. The molecule has 0 bridgehead atoms. The number of thiocarbonyl (C=S) groups is 2. The summed E-state index contributed by atoms with van der Waals surface area (Å²) in [6.07, 6.45) is 3.15. The van der Waals surface area contributed by atoms with Gasteiger partial charge in [0.05, 0.1) is 9.79 Å². The molecular formula is C22H34N8S4. The van der Waals surface area contributed by atoms with Crippen LogP contribution in [0.2, 0.25) is 0 Å². The van der Waals surface area contributed by atoms with Gasteiger partial charge in [-0.1, -0.05) is 24.4 Å². The molecule has 0 aliphatic heterocycles. The van der Waals surface area contributed by atoms with Gasteiger partial charge in [-0.05, 0) is 49.3 Å². The quantitative estimate of drug-likeness (QED) is 0.304. The Hall–Kier alpha value is -1.76. The van der Waals surface area contributed by atoms with Crippen LogP contribution < -0.4 is 9.80 Å². The third kappa shape index (κ3) is 6.46. The van der Waals surface area contributed by atoms with Crippen LogP contribution in [0.1, 0.15) is 39.1 Å². The van der Waals surface area contributed by atoms with Gasteiger partial charge in [0.1, 0.15) is 45.7 Å². The highest BCUT2D eigenvalue weighted by Gasteiger charge is 2.24. The van der Waals surface area contributed by atoms with E-state index in [-0.39, 0.29) is 0 Å². The van der Waals surface area contributed by atoms with Gasteiger partial charge in [-0.15, -0.1) is 0 Å². The van der Waals surface area contributed by atoms with E-state index in [0.29, 0.717) is 0 Å². The van der Waals surface area contributed by atoms with Crippen LogP contribution in [0.3, 0.4) is 0 Å². The van der Waals surface area contributed by atoms with Crippen molar-refractivity contribution in [3.63, 3.8) is 0 Å². The van der Waals surface area contributed by atoms with Crippen molar-refractivity contribution < 1.29 is 0 Å². The van der Waals surface area contributed by atoms with Gasteiger partial charge < -0.3 is 19.6 Å². The summed E-state index contributed by atoms with van der Waals surface area (Å²) >= 11 is 11.7. The Labute approximate surface area is 222 Å². The van der Waals surface area contributed by atoms with Crippen LogP contribution in [0.15, 0.2) is 22.4 Å². The molecule has 0 atom stereocenters. The van der Waals surface area contributed by atoms with Crippen molar-refractivity contribution in [2.45, 2.75) is 37.5 Å². The molecule has 2 aromatic rings. The fourth-order valence-electron chi connectivity index (χ4n) is 3.23. The Kier molecular flexibility index (Phi) is 11.2. The molecule has 0 aliphatic rings. The highest BCUT2D eigenvalue weighted by atomic mass is 33.1. The zero-order valence-electron chi connectivity index (χ0n) is 21.2. The van der Waals surface area contributed by atoms with Crippen LogP contribution in [0.4, 0.5) is 11.6 Å². The average Bonchev–Trinajstić information content (AvgIpc) is 2.83. The molecule has 8 nitrogen and oxygen atoms in total. The number of hydrogen-bond acceptors (Lipinski definition) is 10. The second-order valence-corrected chi connectivity index (χ2v) is 10.6. The first kappa shape index (κ1) is 28.5. The lowest BCUT2D eigenvalue weighted by Gasteiger charge is -2.25. The fraction of sp³-hybridized carbons (Fsp3) is 0.545. The molecule has 0 aliphatic carbocycles. The molecule has 0 saturated carbocycles. The smallest absolute Gasteiger partial charge is 0.146 e. The molecule has 0 N–H and O–H groups in total. The largest absolute Gasteiger partial charge is 0.362 e. The lowest BCUT2D eigenvalue weighted by molar-refractivity contribution is 0.472. The first-order chi connectivity index (χ1) is 16.2. The molecule has 0 radical (unpaired) electrons. The second-order valence-electron chi connectivity index (χ2n) is 7.66. The van der Waals surface area contributed by atoms with E-state index >= 15 is 0 Å². The van der Waals surface area contributed by atoms with Crippen molar-refractivity contribution in [2.24, 2.45) is 0 Å². The molecule has 2 aromatic heterocycles. The maximum atomic E-state index is 5.84. The number of aromatic nitrogens is 4. The zero-order valence-corrected chi connectivity index (χ0v) is 24.5. The maximum absolute atomic E-state index is 5.84. The van der Waals surface area contributed by atoms with Gasteiger partial charge in [-0.25, -0.2) is 19.9 Å². The second kappa shape index (κ2) is 13.4. The Morgan fingerprint density at radius 3 is 1.24 bits per heavy atom. The summed E-state index contributed by atoms with van der Waals surface area (Å²) in [5.74, 6) is 1.63. The standard InChI is InChI=1S/C22H34N8S4/c1-9-29(10-2)21(31)15-17(19(27(5)6)25-13-23-15)33-34-18-16(22(32)30(11-3)12-4)24-14-26-20(18)28(7)8/h13-14H,9-12H2,1-8H3. The minimum atomic E-state index is 0.717. The summed E-state index contributed by atoms with van der Waals surface area (Å²) in [5, 5.41) is 0. The van der Waals surface area contributed by atoms with E-state index < -0.39 is 0 Å². The Morgan fingerprint density at radius 2 is 0.971 bits per heavy atom. The van der Waals surface area contributed by atoms with Crippen molar-refractivity contribution in [3.05, 3.63) is 24.0 Å². The number of hydrogen-bond donors (Lipinski definition) is 0. The highest BCUT2D eigenvalue weighted by molar-refractivity contribution is 8.76. The SMILES string of the molecule is CCN(CC)C(=S)c1ncnc(N(C)C)c1SSc1c(C(=S)N(CC)CC)ncnc1N(C)C. The molecule has 186 valence electrons. The van der Waals surface area contributed by atoms with Crippen molar-refractivity contribution >= 4 is 67.6 Å². The molecule has 0 aromatic carbocycles. The molecule has 0 fully saturated rings. The summed E-state index contributed by atoms with van der Waals surface area (Å²) in [6, 6.07) is 0. The fourth-order valence-corrected chi connectivity index (χ4v) is 6.85. The minimum absolute atomic E-state index is 0.717. The van der Waals surface area contributed by atoms with E-state index in [2.05, 4.69) is 57.4 Å². The minimum Gasteiger partial charge on any atom is -0.362 e. The molecule has 0 amide bonds. The number of nitrogens with zero attached hydrogens (tertiary/aromatic N) is 8. The first-order valence-electron chi connectivity index (χ1n) is 11.2. The van der Waals surface area contributed by atoms with Crippen LogP contribution in [0.25, 0.3) is 0 Å². The third-order valence-electron chi connectivity index (χ3n) is 5.13. The molecule has 0 spiro atoms. The summed E-state index contributed by atoms with van der Waals surface area (Å²) in [6.45, 7) is 11.6. The van der Waals surface area contributed by atoms with E-state index in [1.54, 1.807) is 34.2 Å². The predicted molar refractivity (Wildman–Crippen MR) is 154 cm³/mol. The normalized spacial score (nSPS) is 10.7. The summed E-state index contributed by atoms with van der Waals surface area (Å²) in [5.41, 5.74) is 1.51. The molecule has 0 unspecified atom stereocenters. The van der Waals surface area contributed by atoms with Crippen molar-refractivity contribution in [3.8, 4) is 0 Å². The van der Waals surface area contributed by atoms with Gasteiger partial charge in [0.15, 0.2) is 0 Å².